The number of allylic oxidation sites excluding steroid dienone is 3. The fourth-order valence-electron chi connectivity index (χ4n) is 1.98. The van der Waals surface area contributed by atoms with Crippen LogP contribution >= 0.6 is 0 Å². The molecule has 0 bridgehead atoms. The van der Waals surface area contributed by atoms with E-state index in [1.165, 1.54) is 32.1 Å². The molecule has 0 saturated carbocycles. The van der Waals surface area contributed by atoms with Crippen molar-refractivity contribution in [2.75, 3.05) is 0 Å². The minimum Gasteiger partial charge on any atom is -0.393 e. The van der Waals surface area contributed by atoms with Gasteiger partial charge < -0.3 is 5.11 Å². The standard InChI is InChI=1S/C20H34O/c1-3-5-7-9-11-12-13-15-17-19-20(21)18-16-14-10-8-6-4-2/h13-16,20-21H,3-8,10,12,17-19H2,1-2H3/b15-13-,16-14-/t20-/m0/s1. The van der Waals surface area contributed by atoms with Crippen LogP contribution in [0.3, 0.4) is 0 Å². The van der Waals surface area contributed by atoms with E-state index in [0.717, 1.165) is 38.5 Å². The zero-order valence-corrected chi connectivity index (χ0v) is 14.1. The average Bonchev–Trinajstić information content (AvgIpc) is 2.49. The fraction of sp³-hybridized carbons (Fsp3) is 0.700. The van der Waals surface area contributed by atoms with Crippen LogP contribution in [0.4, 0.5) is 0 Å². The number of rotatable bonds is 12. The van der Waals surface area contributed by atoms with Gasteiger partial charge in [-0.3, -0.25) is 0 Å². The predicted octanol–water partition coefficient (Wildman–Crippen LogP) is 5.79. The zero-order chi connectivity index (χ0) is 15.6. The average molecular weight is 290 g/mol. The van der Waals surface area contributed by atoms with Crippen LogP contribution < -0.4 is 0 Å². The van der Waals surface area contributed by atoms with Crippen LogP contribution in [0, 0.1) is 11.8 Å². The highest BCUT2D eigenvalue weighted by molar-refractivity contribution is 5.04. The number of aliphatic hydroxyl groups excluding tert-OH is 1. The van der Waals surface area contributed by atoms with E-state index in [1.807, 2.05) is 0 Å². The SMILES string of the molecule is CCCCC#CC/C=C\CC[C@@H](O)C/C=C\CCCCC. The van der Waals surface area contributed by atoms with Gasteiger partial charge in [-0.15, -0.1) is 5.92 Å². The molecule has 0 heterocycles. The van der Waals surface area contributed by atoms with E-state index in [1.54, 1.807) is 0 Å². The molecule has 0 aromatic rings. The summed E-state index contributed by atoms with van der Waals surface area (Å²) in [6.45, 7) is 4.41. The van der Waals surface area contributed by atoms with Gasteiger partial charge in [0.05, 0.1) is 6.10 Å². The monoisotopic (exact) mass is 290 g/mol. The highest BCUT2D eigenvalue weighted by Crippen LogP contribution is 2.06. The smallest absolute Gasteiger partial charge is 0.0577 e. The van der Waals surface area contributed by atoms with Gasteiger partial charge in [0.25, 0.3) is 0 Å². The molecule has 0 aromatic carbocycles. The van der Waals surface area contributed by atoms with Gasteiger partial charge in [-0.2, -0.15) is 0 Å². The molecule has 120 valence electrons. The Morgan fingerprint density at radius 3 is 2.38 bits per heavy atom. The molecule has 0 saturated heterocycles. The summed E-state index contributed by atoms with van der Waals surface area (Å²) >= 11 is 0. The third kappa shape index (κ3) is 16.9. The van der Waals surface area contributed by atoms with E-state index in [9.17, 15) is 5.11 Å². The highest BCUT2D eigenvalue weighted by atomic mass is 16.3. The summed E-state index contributed by atoms with van der Waals surface area (Å²) in [5.74, 6) is 6.33. The largest absolute Gasteiger partial charge is 0.393 e. The van der Waals surface area contributed by atoms with Crippen molar-refractivity contribution in [2.45, 2.75) is 90.6 Å². The third-order valence-electron chi connectivity index (χ3n) is 3.38. The van der Waals surface area contributed by atoms with Gasteiger partial charge in [0, 0.05) is 12.8 Å². The van der Waals surface area contributed by atoms with E-state index >= 15 is 0 Å². The fourth-order valence-corrected chi connectivity index (χ4v) is 1.98. The first-order valence-corrected chi connectivity index (χ1v) is 8.75. The summed E-state index contributed by atoms with van der Waals surface area (Å²) in [6, 6.07) is 0. The van der Waals surface area contributed by atoms with E-state index in [2.05, 4.69) is 50.0 Å². The second kappa shape index (κ2) is 17.1. The molecule has 0 aromatic heterocycles. The number of hydrogen-bond donors (Lipinski definition) is 1. The second-order valence-corrected chi connectivity index (χ2v) is 5.57. The van der Waals surface area contributed by atoms with Crippen molar-refractivity contribution in [2.24, 2.45) is 0 Å². The normalized spacial score (nSPS) is 12.7. The molecule has 1 N–H and O–H groups in total. The summed E-state index contributed by atoms with van der Waals surface area (Å²) in [5.41, 5.74) is 0. The molecule has 0 unspecified atom stereocenters. The van der Waals surface area contributed by atoms with Crippen LogP contribution in [0.25, 0.3) is 0 Å². The highest BCUT2D eigenvalue weighted by Gasteiger charge is 1.98. The summed E-state index contributed by atoms with van der Waals surface area (Å²) in [7, 11) is 0. The lowest BCUT2D eigenvalue weighted by Gasteiger charge is -2.04. The molecule has 0 aliphatic heterocycles. The maximum absolute atomic E-state index is 9.84. The number of unbranched alkanes of at least 4 members (excludes halogenated alkanes) is 5. The van der Waals surface area contributed by atoms with E-state index in [-0.39, 0.29) is 6.10 Å². The molecule has 0 radical (unpaired) electrons. The molecular weight excluding hydrogens is 256 g/mol. The first kappa shape index (κ1) is 20.0. The van der Waals surface area contributed by atoms with Gasteiger partial charge in [-0.1, -0.05) is 63.3 Å². The van der Waals surface area contributed by atoms with Crippen LogP contribution in [0.15, 0.2) is 24.3 Å². The first-order valence-electron chi connectivity index (χ1n) is 8.75. The summed E-state index contributed by atoms with van der Waals surface area (Å²) in [4.78, 5) is 0. The van der Waals surface area contributed by atoms with Crippen molar-refractivity contribution in [1.29, 1.82) is 0 Å². The molecule has 0 rings (SSSR count). The van der Waals surface area contributed by atoms with Gasteiger partial charge in [0.15, 0.2) is 0 Å². The molecule has 1 heteroatoms. The Labute approximate surface area is 132 Å². The second-order valence-electron chi connectivity index (χ2n) is 5.57. The Balaban J connectivity index is 3.47. The quantitative estimate of drug-likeness (QED) is 0.274. The van der Waals surface area contributed by atoms with E-state index in [0.29, 0.717) is 0 Å². The van der Waals surface area contributed by atoms with Crippen LogP contribution in [0.1, 0.15) is 84.5 Å². The Bertz CT molecular complexity index is 316. The Hall–Kier alpha value is -1.00. The van der Waals surface area contributed by atoms with Gasteiger partial charge >= 0.3 is 0 Å². The molecule has 0 amide bonds. The van der Waals surface area contributed by atoms with Crippen molar-refractivity contribution < 1.29 is 5.11 Å². The maximum atomic E-state index is 9.84. The lowest BCUT2D eigenvalue weighted by molar-refractivity contribution is 0.169. The van der Waals surface area contributed by atoms with Crippen LogP contribution in [0.5, 0.6) is 0 Å². The summed E-state index contributed by atoms with van der Waals surface area (Å²) in [5, 5.41) is 9.84. The molecule has 1 nitrogen and oxygen atoms in total. The molecule has 21 heavy (non-hydrogen) atoms. The molecule has 1 atom stereocenters. The van der Waals surface area contributed by atoms with Crippen molar-refractivity contribution in [3.8, 4) is 11.8 Å². The minimum atomic E-state index is -0.201. The molecule has 0 aliphatic carbocycles. The lowest BCUT2D eigenvalue weighted by Crippen LogP contribution is -2.03. The molecular formula is C20H34O. The van der Waals surface area contributed by atoms with Crippen LogP contribution in [-0.4, -0.2) is 11.2 Å². The predicted molar refractivity (Wildman–Crippen MR) is 94.2 cm³/mol. The zero-order valence-electron chi connectivity index (χ0n) is 14.1. The van der Waals surface area contributed by atoms with Crippen LogP contribution in [-0.2, 0) is 0 Å². The maximum Gasteiger partial charge on any atom is 0.0577 e. The van der Waals surface area contributed by atoms with E-state index in [4.69, 9.17) is 0 Å². The minimum absolute atomic E-state index is 0.201. The first-order chi connectivity index (χ1) is 10.3. The van der Waals surface area contributed by atoms with E-state index < -0.39 is 0 Å². The summed E-state index contributed by atoms with van der Waals surface area (Å²) in [6.07, 6.45) is 20.3. The number of hydrogen-bond acceptors (Lipinski definition) is 1. The molecule has 0 aliphatic rings. The van der Waals surface area contributed by atoms with Crippen LogP contribution in [0.2, 0.25) is 0 Å². The van der Waals surface area contributed by atoms with Crippen molar-refractivity contribution in [3.05, 3.63) is 24.3 Å². The van der Waals surface area contributed by atoms with Gasteiger partial charge in [0.2, 0.25) is 0 Å². The Kier molecular flexibility index (Phi) is 16.2. The van der Waals surface area contributed by atoms with Crippen molar-refractivity contribution >= 4 is 0 Å². The third-order valence-corrected chi connectivity index (χ3v) is 3.38. The topological polar surface area (TPSA) is 20.2 Å². The number of aliphatic hydroxyl groups is 1. The molecule has 0 fully saturated rings. The van der Waals surface area contributed by atoms with Gasteiger partial charge in [-0.25, -0.2) is 0 Å². The van der Waals surface area contributed by atoms with Gasteiger partial charge in [0.1, 0.15) is 0 Å². The van der Waals surface area contributed by atoms with Crippen molar-refractivity contribution in [3.63, 3.8) is 0 Å². The Morgan fingerprint density at radius 2 is 1.62 bits per heavy atom. The van der Waals surface area contributed by atoms with Gasteiger partial charge in [-0.05, 0) is 38.5 Å². The Morgan fingerprint density at radius 1 is 0.857 bits per heavy atom. The molecule has 0 spiro atoms. The van der Waals surface area contributed by atoms with Crippen molar-refractivity contribution in [1.82, 2.24) is 0 Å². The lowest BCUT2D eigenvalue weighted by atomic mass is 10.1. The summed E-state index contributed by atoms with van der Waals surface area (Å²) < 4.78 is 0.